The van der Waals surface area contributed by atoms with E-state index in [1.165, 1.54) is 64.2 Å². The van der Waals surface area contributed by atoms with Crippen LogP contribution in [0.5, 0.6) is 0 Å². The highest BCUT2D eigenvalue weighted by Crippen LogP contribution is 2.39. The first-order chi connectivity index (χ1) is 14.2. The Labute approximate surface area is 185 Å². The molecule has 0 saturated carbocycles. The Morgan fingerprint density at radius 2 is 1.37 bits per heavy atom. The fourth-order valence-corrected chi connectivity index (χ4v) is 3.92. The van der Waals surface area contributed by atoms with Gasteiger partial charge in [-0.1, -0.05) is 77.6 Å². The summed E-state index contributed by atoms with van der Waals surface area (Å²) in [7, 11) is 1.53. The standard InChI is InChI=1S/C22H49N2O5P/c1-5-6-7-8-9-10-11-12-13-14-15-16-18-27-21-22(20-23)29-30(25,26)28-19-17-24(2,3)4/h22H,5-21,23H2,1-4H3. The smallest absolute Gasteiger partial charge is 0.268 e. The zero-order valence-electron chi connectivity index (χ0n) is 20.1. The molecule has 0 heterocycles. The number of hydrogen-bond acceptors (Lipinski definition) is 6. The van der Waals surface area contributed by atoms with Crippen molar-refractivity contribution in [1.82, 2.24) is 0 Å². The number of ether oxygens (including phenoxy) is 1. The van der Waals surface area contributed by atoms with Crippen LogP contribution in [0.15, 0.2) is 0 Å². The Bertz CT molecular complexity index is 432. The van der Waals surface area contributed by atoms with Gasteiger partial charge >= 0.3 is 0 Å². The van der Waals surface area contributed by atoms with Crippen molar-refractivity contribution < 1.29 is 27.7 Å². The summed E-state index contributed by atoms with van der Waals surface area (Å²) in [5, 5.41) is 0. The predicted octanol–water partition coefficient (Wildman–Crippen LogP) is 4.24. The van der Waals surface area contributed by atoms with E-state index in [4.69, 9.17) is 19.5 Å². The minimum absolute atomic E-state index is 0.0728. The van der Waals surface area contributed by atoms with E-state index >= 15 is 0 Å². The van der Waals surface area contributed by atoms with E-state index in [-0.39, 0.29) is 19.8 Å². The van der Waals surface area contributed by atoms with Crippen LogP contribution in [0.3, 0.4) is 0 Å². The van der Waals surface area contributed by atoms with E-state index in [0.29, 0.717) is 17.6 Å². The molecule has 0 spiro atoms. The zero-order chi connectivity index (χ0) is 22.7. The van der Waals surface area contributed by atoms with Gasteiger partial charge in [-0.2, -0.15) is 0 Å². The third-order valence-electron chi connectivity index (χ3n) is 5.00. The second-order valence-electron chi connectivity index (χ2n) is 9.22. The largest absolute Gasteiger partial charge is 0.756 e. The van der Waals surface area contributed by atoms with Gasteiger partial charge < -0.3 is 28.9 Å². The number of phosphoric acid groups is 1. The van der Waals surface area contributed by atoms with Crippen LogP contribution in [0, 0.1) is 0 Å². The SMILES string of the molecule is CCCCCCCCCCCCCCOCC(CN)OP(=O)([O-])OCC[N+](C)(C)C. The minimum Gasteiger partial charge on any atom is -0.756 e. The zero-order valence-corrected chi connectivity index (χ0v) is 21.0. The van der Waals surface area contributed by atoms with Crippen molar-refractivity contribution in [2.75, 3.05) is 54.1 Å². The molecule has 0 rings (SSSR count). The van der Waals surface area contributed by atoms with E-state index in [2.05, 4.69) is 6.92 Å². The molecule has 0 aliphatic heterocycles. The molecular formula is C22H49N2O5P. The molecule has 8 heteroatoms. The number of likely N-dealkylation sites (N-methyl/N-ethyl adjacent to an activating group) is 1. The van der Waals surface area contributed by atoms with Crippen molar-refractivity contribution in [3.05, 3.63) is 0 Å². The van der Waals surface area contributed by atoms with Gasteiger partial charge in [0, 0.05) is 13.2 Å². The monoisotopic (exact) mass is 452 g/mol. The Morgan fingerprint density at radius 1 is 0.867 bits per heavy atom. The Kier molecular flexibility index (Phi) is 18.5. The lowest BCUT2D eigenvalue weighted by Crippen LogP contribution is -2.38. The maximum atomic E-state index is 11.9. The van der Waals surface area contributed by atoms with Crippen molar-refractivity contribution in [2.45, 2.75) is 90.1 Å². The Balaban J connectivity index is 3.61. The molecule has 2 N–H and O–H groups in total. The highest BCUT2D eigenvalue weighted by molar-refractivity contribution is 7.45. The highest BCUT2D eigenvalue weighted by Gasteiger charge is 2.19. The van der Waals surface area contributed by atoms with Crippen molar-refractivity contribution in [2.24, 2.45) is 5.73 Å². The van der Waals surface area contributed by atoms with Crippen LogP contribution in [0.2, 0.25) is 0 Å². The van der Waals surface area contributed by atoms with Crippen LogP contribution in [0.1, 0.15) is 84.0 Å². The maximum Gasteiger partial charge on any atom is 0.268 e. The van der Waals surface area contributed by atoms with E-state index in [1.54, 1.807) is 0 Å². The molecule has 0 fully saturated rings. The third kappa shape index (κ3) is 21.2. The normalized spacial score (nSPS) is 15.3. The lowest BCUT2D eigenvalue weighted by Gasteiger charge is -2.29. The van der Waals surface area contributed by atoms with Gasteiger partial charge in [0.2, 0.25) is 0 Å². The molecular weight excluding hydrogens is 403 g/mol. The van der Waals surface area contributed by atoms with Crippen LogP contribution in [0.4, 0.5) is 0 Å². The second kappa shape index (κ2) is 18.6. The van der Waals surface area contributed by atoms with Crippen molar-refractivity contribution in [3.8, 4) is 0 Å². The number of quaternary nitrogens is 1. The van der Waals surface area contributed by atoms with Gasteiger partial charge in [0.25, 0.3) is 7.82 Å². The molecule has 0 amide bonds. The highest BCUT2D eigenvalue weighted by atomic mass is 31.2. The third-order valence-corrected chi connectivity index (χ3v) is 6.05. The molecule has 0 saturated heterocycles. The van der Waals surface area contributed by atoms with E-state index in [0.717, 1.165) is 12.8 Å². The molecule has 2 atom stereocenters. The molecule has 0 aliphatic carbocycles. The number of hydrogen-bond donors (Lipinski definition) is 1. The summed E-state index contributed by atoms with van der Waals surface area (Å²) < 4.78 is 28.0. The van der Waals surface area contributed by atoms with E-state index in [1.807, 2.05) is 21.1 Å². The molecule has 7 nitrogen and oxygen atoms in total. The molecule has 0 aromatic carbocycles. The Morgan fingerprint density at radius 3 is 1.83 bits per heavy atom. The van der Waals surface area contributed by atoms with Gasteiger partial charge in [0.05, 0.1) is 27.7 Å². The average molecular weight is 453 g/mol. The van der Waals surface area contributed by atoms with Crippen LogP contribution < -0.4 is 10.6 Å². The molecule has 0 aromatic heterocycles. The summed E-state index contributed by atoms with van der Waals surface area (Å²) in [6.45, 7) is 3.75. The average Bonchev–Trinajstić information content (AvgIpc) is 2.66. The first-order valence-electron chi connectivity index (χ1n) is 11.9. The number of nitrogens with zero attached hydrogens (tertiary/aromatic N) is 1. The summed E-state index contributed by atoms with van der Waals surface area (Å²) >= 11 is 0. The van der Waals surface area contributed by atoms with Crippen LogP contribution in [-0.4, -0.2) is 64.6 Å². The van der Waals surface area contributed by atoms with Crippen LogP contribution in [0.25, 0.3) is 0 Å². The van der Waals surface area contributed by atoms with Crippen LogP contribution in [-0.2, 0) is 18.3 Å². The first kappa shape index (κ1) is 30.0. The summed E-state index contributed by atoms with van der Waals surface area (Å²) in [5.74, 6) is 0. The second-order valence-corrected chi connectivity index (χ2v) is 10.6. The van der Waals surface area contributed by atoms with Crippen molar-refractivity contribution in [3.63, 3.8) is 0 Å². The Hall–Kier alpha value is -0.0100. The molecule has 2 unspecified atom stereocenters. The molecule has 0 radical (unpaired) electrons. The van der Waals surface area contributed by atoms with Crippen molar-refractivity contribution >= 4 is 7.82 Å². The van der Waals surface area contributed by atoms with E-state index < -0.39 is 13.9 Å². The summed E-state index contributed by atoms with van der Waals surface area (Å²) in [4.78, 5) is 11.9. The van der Waals surface area contributed by atoms with Crippen LogP contribution >= 0.6 is 7.82 Å². The minimum atomic E-state index is -4.36. The summed E-state index contributed by atoms with van der Waals surface area (Å²) in [6.07, 6.45) is 14.8. The topological polar surface area (TPSA) is 93.8 Å². The summed E-state index contributed by atoms with van der Waals surface area (Å²) in [5.41, 5.74) is 5.61. The van der Waals surface area contributed by atoms with E-state index in [9.17, 15) is 9.46 Å². The first-order valence-corrected chi connectivity index (χ1v) is 13.4. The molecule has 0 aliphatic rings. The number of unbranched alkanes of at least 4 members (excludes halogenated alkanes) is 11. The lowest BCUT2D eigenvalue weighted by atomic mass is 10.1. The predicted molar refractivity (Wildman–Crippen MR) is 122 cm³/mol. The van der Waals surface area contributed by atoms with Gasteiger partial charge in [-0.3, -0.25) is 4.57 Å². The van der Waals surface area contributed by atoms with Gasteiger partial charge in [-0.05, 0) is 6.42 Å². The quantitative estimate of drug-likeness (QED) is 0.150. The molecule has 30 heavy (non-hydrogen) atoms. The fourth-order valence-electron chi connectivity index (χ4n) is 3.04. The molecule has 0 bridgehead atoms. The number of rotatable bonds is 22. The molecule has 0 aromatic rings. The van der Waals surface area contributed by atoms with Gasteiger partial charge in [0.1, 0.15) is 19.3 Å². The van der Waals surface area contributed by atoms with Crippen molar-refractivity contribution in [1.29, 1.82) is 0 Å². The fraction of sp³-hybridized carbons (Fsp3) is 1.00. The lowest BCUT2D eigenvalue weighted by molar-refractivity contribution is -0.870. The number of nitrogens with two attached hydrogens (primary N) is 1. The van der Waals surface area contributed by atoms with Gasteiger partial charge in [-0.15, -0.1) is 0 Å². The summed E-state index contributed by atoms with van der Waals surface area (Å²) in [6, 6.07) is 0. The maximum absolute atomic E-state index is 11.9. The van der Waals surface area contributed by atoms with Gasteiger partial charge in [0.15, 0.2) is 0 Å². The number of phosphoric ester groups is 1. The van der Waals surface area contributed by atoms with Gasteiger partial charge in [-0.25, -0.2) is 0 Å². The molecule has 182 valence electrons.